The summed E-state index contributed by atoms with van der Waals surface area (Å²) in [7, 11) is 0. The number of nitrogen functional groups attached to an aromatic ring is 1. The highest BCUT2D eigenvalue weighted by Gasteiger charge is 2.32. The summed E-state index contributed by atoms with van der Waals surface area (Å²) in [5, 5.41) is 2.09. The van der Waals surface area contributed by atoms with E-state index in [0.717, 1.165) is 18.3 Å². The van der Waals surface area contributed by atoms with E-state index in [0.29, 0.717) is 11.8 Å². The maximum Gasteiger partial charge on any atom is 0.433 e. The number of alkyl halides is 3. The molecule has 3 N–H and O–H groups in total. The van der Waals surface area contributed by atoms with Crippen LogP contribution in [0.1, 0.15) is 27.3 Å². The van der Waals surface area contributed by atoms with E-state index >= 15 is 0 Å². The fraction of sp³-hybridized carbons (Fsp3) is 0.0952. The number of nitrogens with one attached hydrogen (secondary N) is 1. The Labute approximate surface area is 179 Å². The molecule has 0 saturated heterocycles. The minimum absolute atomic E-state index is 0.0410. The summed E-state index contributed by atoms with van der Waals surface area (Å²) < 4.78 is 53.3. The zero-order chi connectivity index (χ0) is 22.9. The molecular weight excluding hydrogens is 436 g/mol. The number of anilines is 2. The first-order valence-corrected chi connectivity index (χ1v) is 8.96. The molecule has 0 atom stereocenters. The molecule has 2 aromatic heterocycles. The van der Waals surface area contributed by atoms with E-state index in [1.807, 2.05) is 0 Å². The number of amides is 1. The van der Waals surface area contributed by atoms with Crippen molar-refractivity contribution in [3.8, 4) is 23.5 Å². The molecule has 1 aromatic carbocycles. The zero-order valence-electron chi connectivity index (χ0n) is 15.8. The molecule has 0 aliphatic rings. The van der Waals surface area contributed by atoms with Crippen molar-refractivity contribution < 1.29 is 22.4 Å². The molecule has 2 heterocycles. The van der Waals surface area contributed by atoms with E-state index in [-0.39, 0.29) is 38.7 Å². The number of aryl methyl sites for hydroxylation is 1. The van der Waals surface area contributed by atoms with Gasteiger partial charge in [0.1, 0.15) is 11.5 Å². The van der Waals surface area contributed by atoms with Gasteiger partial charge in [0.15, 0.2) is 0 Å². The molecule has 0 aliphatic carbocycles. The molecule has 0 radical (unpaired) electrons. The largest absolute Gasteiger partial charge is 0.433 e. The second-order valence-electron chi connectivity index (χ2n) is 6.38. The van der Waals surface area contributed by atoms with E-state index in [1.54, 1.807) is 6.92 Å². The lowest BCUT2D eigenvalue weighted by Gasteiger charge is -2.14. The van der Waals surface area contributed by atoms with Crippen LogP contribution in [0.25, 0.3) is 11.1 Å². The monoisotopic (exact) mass is 448 g/mol. The van der Waals surface area contributed by atoms with Crippen molar-refractivity contribution in [1.29, 1.82) is 0 Å². The van der Waals surface area contributed by atoms with Gasteiger partial charge < -0.3 is 11.1 Å². The number of pyridine rings is 2. The van der Waals surface area contributed by atoms with Gasteiger partial charge in [-0.25, -0.2) is 4.39 Å². The number of benzene rings is 1. The standard InChI is InChI=1S/C21H13ClF4N4O/c1-3-11-9-29-10(2)19(27)18(11)14-7-15(22)13(8-16(14)23)20(31)30-12-4-5-28-17(6-12)21(24,25)26/h1,4-9H,27H2,2H3,(H,28,30,31). The quantitative estimate of drug-likeness (QED) is 0.432. The first-order chi connectivity index (χ1) is 14.5. The average molecular weight is 449 g/mol. The number of aromatic nitrogens is 2. The highest BCUT2D eigenvalue weighted by Crippen LogP contribution is 2.36. The second kappa shape index (κ2) is 8.24. The van der Waals surface area contributed by atoms with Gasteiger partial charge in [-0.2, -0.15) is 13.2 Å². The van der Waals surface area contributed by atoms with Crippen LogP contribution < -0.4 is 11.1 Å². The summed E-state index contributed by atoms with van der Waals surface area (Å²) in [6.45, 7) is 1.62. The lowest BCUT2D eigenvalue weighted by molar-refractivity contribution is -0.141. The topological polar surface area (TPSA) is 80.9 Å². The molecule has 31 heavy (non-hydrogen) atoms. The van der Waals surface area contributed by atoms with Crippen molar-refractivity contribution in [3.05, 3.63) is 70.0 Å². The lowest BCUT2D eigenvalue weighted by atomic mass is 9.97. The first kappa shape index (κ1) is 22.1. The fourth-order valence-electron chi connectivity index (χ4n) is 2.80. The number of carbonyl (C=O) groups excluding carboxylic acids is 1. The van der Waals surface area contributed by atoms with E-state index in [1.165, 1.54) is 12.3 Å². The van der Waals surface area contributed by atoms with Gasteiger partial charge in [0.25, 0.3) is 5.91 Å². The van der Waals surface area contributed by atoms with Gasteiger partial charge in [-0.15, -0.1) is 6.42 Å². The number of nitrogens with two attached hydrogens (primary N) is 1. The molecule has 10 heteroatoms. The van der Waals surface area contributed by atoms with Crippen LogP contribution in [-0.4, -0.2) is 15.9 Å². The van der Waals surface area contributed by atoms with Gasteiger partial charge in [0.2, 0.25) is 0 Å². The number of hydrogen-bond acceptors (Lipinski definition) is 4. The first-order valence-electron chi connectivity index (χ1n) is 8.58. The van der Waals surface area contributed by atoms with Crippen LogP contribution in [0.15, 0.2) is 36.7 Å². The van der Waals surface area contributed by atoms with Crippen molar-refractivity contribution in [3.63, 3.8) is 0 Å². The third kappa shape index (κ3) is 4.44. The van der Waals surface area contributed by atoms with Gasteiger partial charge in [0, 0.05) is 29.2 Å². The number of hydrogen-bond donors (Lipinski definition) is 2. The van der Waals surface area contributed by atoms with Crippen LogP contribution in [-0.2, 0) is 6.18 Å². The Morgan fingerprint density at radius 2 is 1.97 bits per heavy atom. The molecule has 158 valence electrons. The predicted molar refractivity (Wildman–Crippen MR) is 109 cm³/mol. The van der Waals surface area contributed by atoms with Crippen molar-refractivity contribution in [2.75, 3.05) is 11.1 Å². The average Bonchev–Trinajstić information content (AvgIpc) is 2.71. The Hall–Kier alpha value is -3.64. The highest BCUT2D eigenvalue weighted by molar-refractivity contribution is 6.34. The molecule has 5 nitrogen and oxygen atoms in total. The van der Waals surface area contributed by atoms with Crippen molar-refractivity contribution in [1.82, 2.24) is 9.97 Å². The fourth-order valence-corrected chi connectivity index (χ4v) is 3.04. The van der Waals surface area contributed by atoms with Gasteiger partial charge in [-0.3, -0.25) is 14.8 Å². The zero-order valence-corrected chi connectivity index (χ0v) is 16.6. The van der Waals surface area contributed by atoms with Crippen molar-refractivity contribution >= 4 is 28.9 Å². The number of terminal acetylenes is 1. The smallest absolute Gasteiger partial charge is 0.397 e. The normalized spacial score (nSPS) is 11.1. The Kier molecular flexibility index (Phi) is 5.86. The SMILES string of the molecule is C#Cc1cnc(C)c(N)c1-c1cc(Cl)c(C(=O)Nc2ccnc(C(F)(F)F)c2)cc1F. The maximum atomic E-state index is 14.9. The van der Waals surface area contributed by atoms with Gasteiger partial charge in [-0.1, -0.05) is 17.5 Å². The Bertz CT molecular complexity index is 1240. The molecule has 0 saturated carbocycles. The van der Waals surface area contributed by atoms with Crippen LogP contribution in [0.5, 0.6) is 0 Å². The summed E-state index contributed by atoms with van der Waals surface area (Å²) in [4.78, 5) is 19.7. The number of halogens is 5. The lowest BCUT2D eigenvalue weighted by Crippen LogP contribution is -2.15. The summed E-state index contributed by atoms with van der Waals surface area (Å²) in [5.74, 6) is 0.603. The van der Waals surface area contributed by atoms with E-state index in [2.05, 4.69) is 21.2 Å². The summed E-state index contributed by atoms with van der Waals surface area (Å²) >= 11 is 6.18. The van der Waals surface area contributed by atoms with Crippen LogP contribution in [0.2, 0.25) is 5.02 Å². The van der Waals surface area contributed by atoms with E-state index in [4.69, 9.17) is 23.8 Å². The van der Waals surface area contributed by atoms with Crippen LogP contribution in [0, 0.1) is 25.1 Å². The third-order valence-corrected chi connectivity index (χ3v) is 4.66. The summed E-state index contributed by atoms with van der Waals surface area (Å²) in [6, 6.07) is 3.83. The molecule has 0 bridgehead atoms. The van der Waals surface area contributed by atoms with Gasteiger partial charge in [0.05, 0.1) is 27.5 Å². The molecule has 0 aliphatic heterocycles. The number of rotatable bonds is 3. The summed E-state index contributed by atoms with van der Waals surface area (Å²) in [6.07, 6.45) is 3.01. The Balaban J connectivity index is 2.00. The minimum Gasteiger partial charge on any atom is -0.397 e. The molecule has 3 aromatic rings. The minimum atomic E-state index is -4.69. The molecule has 0 spiro atoms. The van der Waals surface area contributed by atoms with Gasteiger partial charge >= 0.3 is 6.18 Å². The Morgan fingerprint density at radius 3 is 2.61 bits per heavy atom. The van der Waals surface area contributed by atoms with Crippen molar-refractivity contribution in [2.24, 2.45) is 0 Å². The van der Waals surface area contributed by atoms with Crippen molar-refractivity contribution in [2.45, 2.75) is 13.1 Å². The molecule has 0 unspecified atom stereocenters. The van der Waals surface area contributed by atoms with Gasteiger partial charge in [-0.05, 0) is 31.2 Å². The summed E-state index contributed by atoms with van der Waals surface area (Å²) in [5.41, 5.74) is 5.31. The molecular formula is C21H13ClF4N4O. The maximum absolute atomic E-state index is 14.9. The van der Waals surface area contributed by atoms with Crippen LogP contribution >= 0.6 is 11.6 Å². The van der Waals surface area contributed by atoms with E-state index < -0.39 is 23.6 Å². The van der Waals surface area contributed by atoms with Crippen LogP contribution in [0.4, 0.5) is 28.9 Å². The Morgan fingerprint density at radius 1 is 1.26 bits per heavy atom. The molecule has 0 fully saturated rings. The number of nitrogens with zero attached hydrogens (tertiary/aromatic N) is 2. The second-order valence-corrected chi connectivity index (χ2v) is 6.79. The predicted octanol–water partition coefficient (Wildman–Crippen LogP) is 5.08. The highest BCUT2D eigenvalue weighted by atomic mass is 35.5. The van der Waals surface area contributed by atoms with E-state index in [9.17, 15) is 22.4 Å². The number of carbonyl (C=O) groups is 1. The third-order valence-electron chi connectivity index (χ3n) is 4.35. The molecule has 3 rings (SSSR count). The van der Waals surface area contributed by atoms with Crippen LogP contribution in [0.3, 0.4) is 0 Å². The molecule has 1 amide bonds.